The third-order valence-corrected chi connectivity index (χ3v) is 1.41. The van der Waals surface area contributed by atoms with Crippen LogP contribution in [0, 0.1) is 27.7 Å². The van der Waals surface area contributed by atoms with Gasteiger partial charge in [0.15, 0.2) is 0 Å². The van der Waals surface area contributed by atoms with Gasteiger partial charge in [-0.15, -0.1) is 0 Å². The second-order valence-corrected chi connectivity index (χ2v) is 14.7. The van der Waals surface area contributed by atoms with E-state index in [0.717, 1.165) is 25.7 Å². The molecule has 0 fully saturated rings. The van der Waals surface area contributed by atoms with E-state index < -0.39 is 9.20 Å². The first-order valence-corrected chi connectivity index (χ1v) is 13.4. The molecule has 0 unspecified atom stereocenters. The molecule has 0 amide bonds. The molecule has 0 atom stereocenters. The third kappa shape index (κ3) is 260. The first-order chi connectivity index (χ1) is 9.66. The zero-order valence-electron chi connectivity index (χ0n) is 14.4. The van der Waals surface area contributed by atoms with Crippen molar-refractivity contribution >= 4 is 40.4 Å². The summed E-state index contributed by atoms with van der Waals surface area (Å²) in [5.41, 5.74) is 0. The molecule has 0 aromatic heterocycles. The molecule has 0 nitrogen and oxygen atoms in total. The van der Waals surface area contributed by atoms with E-state index in [-0.39, 0.29) is 0 Å². The minimum atomic E-state index is -2.61. The van der Waals surface area contributed by atoms with Crippen molar-refractivity contribution in [2.75, 3.05) is 0 Å². The summed E-state index contributed by atoms with van der Waals surface area (Å²) in [5, 5.41) is 0. The van der Waals surface area contributed by atoms with Gasteiger partial charge in [-0.1, -0.05) is 53.4 Å². The molecule has 0 aliphatic heterocycles. The average molecular weight is 426 g/mol. The molecule has 0 saturated heterocycles. The normalized spacial score (nSPS) is 9.33. The van der Waals surface area contributed by atoms with Gasteiger partial charge in [0.1, 0.15) is 0 Å². The first kappa shape index (κ1) is 34.1. The fourth-order valence-electron chi connectivity index (χ4n) is 0. The molecule has 0 rings (SSSR count). The van der Waals surface area contributed by atoms with Gasteiger partial charge in [0.2, 0.25) is 0 Å². The standard InChI is InChI=1S/4C4H9.4ClH.Fe/c4*1-3-4-2;;;;;/h4*1,3-4H2,2H3;4*1H;/q4*-1;;;;;+4/p-4. The van der Waals surface area contributed by atoms with Crippen LogP contribution in [0.25, 0.3) is 0 Å². The second kappa shape index (κ2) is 37.7. The predicted octanol–water partition coefficient (Wildman–Crippen LogP) is 9.24. The molecule has 0 aliphatic rings. The molecule has 0 N–H and O–H groups in total. The van der Waals surface area contributed by atoms with Gasteiger partial charge in [0.25, 0.3) is 0 Å². The van der Waals surface area contributed by atoms with E-state index in [1.54, 1.807) is 0 Å². The summed E-state index contributed by atoms with van der Waals surface area (Å²) in [6.45, 7) is 22.9. The van der Waals surface area contributed by atoms with E-state index in [0.29, 0.717) is 0 Å². The molecule has 0 aromatic rings. The maximum atomic E-state index is 4.95. The van der Waals surface area contributed by atoms with Crippen LogP contribution in [-0.4, -0.2) is 0 Å². The fraction of sp³-hybridized carbons (Fsp3) is 0.750. The Morgan fingerprint density at radius 2 is 0.571 bits per heavy atom. The number of rotatable bonds is 4. The zero-order valence-corrected chi connectivity index (χ0v) is 18.5. The summed E-state index contributed by atoms with van der Waals surface area (Å²) in [7, 11) is 17.2. The van der Waals surface area contributed by atoms with Crippen LogP contribution < -0.4 is 0 Å². The first-order valence-electron chi connectivity index (χ1n) is 7.36. The van der Waals surface area contributed by atoms with E-state index in [4.69, 9.17) is 40.4 Å². The number of hydrogen-bond donors (Lipinski definition) is 0. The molecule has 0 bridgehead atoms. The van der Waals surface area contributed by atoms with Gasteiger partial charge < -0.3 is 27.7 Å². The molecule has 5 heteroatoms. The van der Waals surface area contributed by atoms with Crippen LogP contribution >= 0.6 is 40.4 Å². The Bertz CT molecular complexity index is 87.3. The molecule has 140 valence electrons. The summed E-state index contributed by atoms with van der Waals surface area (Å²) in [6.07, 6.45) is 9.11. The molecule has 0 saturated carbocycles. The van der Waals surface area contributed by atoms with Crippen molar-refractivity contribution in [3.63, 3.8) is 0 Å². The molecular weight excluding hydrogens is 390 g/mol. The summed E-state index contributed by atoms with van der Waals surface area (Å²) < 4.78 is 0. The molecule has 21 heavy (non-hydrogen) atoms. The van der Waals surface area contributed by atoms with Crippen LogP contribution in [0.15, 0.2) is 0 Å². The monoisotopic (exact) mass is 424 g/mol. The van der Waals surface area contributed by atoms with Crippen molar-refractivity contribution in [2.45, 2.75) is 79.1 Å². The number of halogens is 4. The van der Waals surface area contributed by atoms with Gasteiger partial charge in [-0.05, 0) is 0 Å². The Labute approximate surface area is 155 Å². The molecule has 0 radical (unpaired) electrons. The second-order valence-electron chi connectivity index (χ2n) is 3.72. The number of unbranched alkanes of at least 4 members (excludes halogenated alkanes) is 4. The van der Waals surface area contributed by atoms with Crippen LogP contribution in [0.2, 0.25) is 0 Å². The zero-order chi connectivity index (χ0) is 18.2. The molecule has 0 aliphatic carbocycles. The van der Waals surface area contributed by atoms with Crippen LogP contribution in [0.5, 0.6) is 0 Å². The molecule has 0 spiro atoms. The summed E-state index contributed by atoms with van der Waals surface area (Å²) in [4.78, 5) is 0. The SMILES string of the molecule is [CH2-]CCC.[CH2-]CCC.[CH2-]CCC.[CH2-]CCC.[Cl][Fe]([Cl])([Cl])[Cl]. The van der Waals surface area contributed by atoms with Crippen molar-refractivity contribution in [3.05, 3.63) is 27.7 Å². The average Bonchev–Trinajstić information content (AvgIpc) is 2.45. The Morgan fingerprint density at radius 3 is 0.571 bits per heavy atom. The summed E-state index contributed by atoms with van der Waals surface area (Å²) in [6, 6.07) is 0. The predicted molar refractivity (Wildman–Crippen MR) is 104 cm³/mol. The minimum absolute atomic E-state index is 1.07. The van der Waals surface area contributed by atoms with E-state index in [1.165, 1.54) is 25.7 Å². The van der Waals surface area contributed by atoms with Crippen molar-refractivity contribution in [3.8, 4) is 0 Å². The van der Waals surface area contributed by atoms with Gasteiger partial charge in [-0.3, -0.25) is 0 Å². The van der Waals surface area contributed by atoms with Gasteiger partial charge in [-0.2, -0.15) is 25.7 Å². The van der Waals surface area contributed by atoms with Crippen LogP contribution in [0.4, 0.5) is 0 Å². The fourth-order valence-corrected chi connectivity index (χ4v) is 0. The van der Waals surface area contributed by atoms with E-state index in [1.807, 2.05) is 0 Å². The number of hydrogen-bond acceptors (Lipinski definition) is 0. The third-order valence-electron chi connectivity index (χ3n) is 1.41. The van der Waals surface area contributed by atoms with Gasteiger partial charge in [-0.25, -0.2) is 0 Å². The van der Waals surface area contributed by atoms with E-state index in [2.05, 4.69) is 55.4 Å². The van der Waals surface area contributed by atoms with Crippen molar-refractivity contribution < 1.29 is 9.20 Å². The Balaban J connectivity index is -0.0000000510. The van der Waals surface area contributed by atoms with E-state index >= 15 is 0 Å². The summed E-state index contributed by atoms with van der Waals surface area (Å²) >= 11 is 0. The van der Waals surface area contributed by atoms with Gasteiger partial charge in [0, 0.05) is 0 Å². The maximum absolute atomic E-state index is 4.95. The molecular formula is C16H36Cl4Fe-4. The topological polar surface area (TPSA) is 0 Å². The van der Waals surface area contributed by atoms with Crippen molar-refractivity contribution in [1.82, 2.24) is 0 Å². The van der Waals surface area contributed by atoms with Crippen molar-refractivity contribution in [2.24, 2.45) is 0 Å². The summed E-state index contributed by atoms with van der Waals surface area (Å²) in [5.74, 6) is 0. The molecule has 0 aromatic carbocycles. The quantitative estimate of drug-likeness (QED) is 0.311. The van der Waals surface area contributed by atoms with Gasteiger partial charge in [0.05, 0.1) is 0 Å². The Hall–Kier alpha value is 1.68. The van der Waals surface area contributed by atoms with Crippen LogP contribution in [0.1, 0.15) is 79.1 Å². The van der Waals surface area contributed by atoms with Gasteiger partial charge >= 0.3 is 49.6 Å². The van der Waals surface area contributed by atoms with Crippen LogP contribution in [0.3, 0.4) is 0 Å². The Kier molecular flexibility index (Phi) is 61.2. The van der Waals surface area contributed by atoms with Crippen molar-refractivity contribution in [1.29, 1.82) is 0 Å². The Morgan fingerprint density at radius 1 is 0.524 bits per heavy atom. The van der Waals surface area contributed by atoms with E-state index in [9.17, 15) is 0 Å². The molecule has 0 heterocycles. The van der Waals surface area contributed by atoms with Crippen LogP contribution in [-0.2, 0) is 9.20 Å².